The second-order valence-electron chi connectivity index (χ2n) is 12.9. The first-order valence-corrected chi connectivity index (χ1v) is 16.8. The fourth-order valence-electron chi connectivity index (χ4n) is 8.28. The Morgan fingerprint density at radius 1 is 0.460 bits per heavy atom. The summed E-state index contributed by atoms with van der Waals surface area (Å²) in [6.45, 7) is 0. The predicted octanol–water partition coefficient (Wildman–Crippen LogP) is 11.5. The second kappa shape index (κ2) is 9.36. The number of rotatable bonds is 2. The van der Waals surface area contributed by atoms with Crippen molar-refractivity contribution in [1.29, 1.82) is 0 Å². The van der Waals surface area contributed by atoms with Crippen LogP contribution in [0.25, 0.3) is 99.3 Å². The van der Waals surface area contributed by atoms with Gasteiger partial charge in [0.25, 0.3) is 0 Å². The van der Waals surface area contributed by atoms with E-state index in [4.69, 9.17) is 19.1 Å². The van der Waals surface area contributed by atoms with Crippen LogP contribution in [0.2, 0.25) is 0 Å². The van der Waals surface area contributed by atoms with Crippen LogP contribution in [0.4, 0.5) is 0 Å². The minimum atomic E-state index is 0.623. The highest BCUT2D eigenvalue weighted by Crippen LogP contribution is 2.47. The lowest BCUT2D eigenvalue weighted by atomic mass is 10.0. The summed E-state index contributed by atoms with van der Waals surface area (Å²) in [7, 11) is 0. The Bertz CT molecular complexity index is 3240. The van der Waals surface area contributed by atoms with E-state index in [9.17, 15) is 0 Å². The van der Waals surface area contributed by atoms with E-state index in [-0.39, 0.29) is 0 Å². The Hall–Kier alpha value is -6.92. The van der Waals surface area contributed by atoms with Crippen LogP contribution in [0.3, 0.4) is 0 Å². The summed E-state index contributed by atoms with van der Waals surface area (Å²) in [5, 5.41) is 7.75. The van der Waals surface area contributed by atoms with Crippen molar-refractivity contribution in [3.8, 4) is 34.4 Å². The number of ether oxygens (including phenoxy) is 1. The molecular formula is C44H24N4O2. The summed E-state index contributed by atoms with van der Waals surface area (Å²) in [6, 6.07) is 50.5. The van der Waals surface area contributed by atoms with E-state index >= 15 is 0 Å². The predicted molar refractivity (Wildman–Crippen MR) is 201 cm³/mol. The molecule has 50 heavy (non-hydrogen) atoms. The van der Waals surface area contributed by atoms with Crippen molar-refractivity contribution >= 4 is 76.5 Å². The average molecular weight is 641 g/mol. The van der Waals surface area contributed by atoms with Crippen LogP contribution in [0.15, 0.2) is 150 Å². The maximum absolute atomic E-state index is 6.69. The first-order chi connectivity index (χ1) is 24.8. The van der Waals surface area contributed by atoms with Crippen molar-refractivity contribution in [3.05, 3.63) is 146 Å². The third-order valence-corrected chi connectivity index (χ3v) is 10.3. The first kappa shape index (κ1) is 26.1. The molecule has 0 bridgehead atoms. The topological polar surface area (TPSA) is 58.0 Å². The van der Waals surface area contributed by atoms with E-state index < -0.39 is 0 Å². The molecule has 0 amide bonds. The van der Waals surface area contributed by atoms with Gasteiger partial charge in [0.1, 0.15) is 17.1 Å². The number of hydrogen-bond acceptors (Lipinski definition) is 4. The van der Waals surface area contributed by atoms with Gasteiger partial charge in [0, 0.05) is 43.6 Å². The molecule has 1 aliphatic heterocycles. The van der Waals surface area contributed by atoms with Gasteiger partial charge in [0.05, 0.1) is 38.7 Å². The lowest BCUT2D eigenvalue weighted by Crippen LogP contribution is -2.06. The van der Waals surface area contributed by atoms with E-state index in [0.717, 1.165) is 99.5 Å². The molecule has 6 heteroatoms. The molecule has 6 nitrogen and oxygen atoms in total. The molecule has 0 spiro atoms. The van der Waals surface area contributed by atoms with E-state index in [0.29, 0.717) is 5.95 Å². The van der Waals surface area contributed by atoms with Crippen molar-refractivity contribution in [1.82, 2.24) is 19.1 Å². The fourth-order valence-corrected chi connectivity index (χ4v) is 8.28. The van der Waals surface area contributed by atoms with Gasteiger partial charge < -0.3 is 13.7 Å². The summed E-state index contributed by atoms with van der Waals surface area (Å²) in [4.78, 5) is 10.5. The van der Waals surface area contributed by atoms with Crippen molar-refractivity contribution < 1.29 is 9.15 Å². The second-order valence-corrected chi connectivity index (χ2v) is 12.9. The standard InChI is InChI=1S/C44H24N4O2/c1-2-11-25(12-3-1)47-33-23-24-34-38(39(33)30-22-21-27-26-13-5-8-18-35(26)50-43(27)42(30)47)28-14-4-7-17-32(28)48(34)44-45-31-16-10-20-37-40(31)41(46-44)29-15-6-9-19-36(29)49-37/h1-24H. The van der Waals surface area contributed by atoms with E-state index in [1.165, 1.54) is 5.39 Å². The molecule has 0 saturated heterocycles. The molecule has 0 unspecified atom stereocenters. The van der Waals surface area contributed by atoms with Gasteiger partial charge in [-0.2, -0.15) is 0 Å². The third-order valence-electron chi connectivity index (χ3n) is 10.3. The lowest BCUT2D eigenvalue weighted by Gasteiger charge is -2.20. The number of furan rings is 1. The molecule has 0 N–H and O–H groups in total. The van der Waals surface area contributed by atoms with Gasteiger partial charge in [-0.1, -0.05) is 78.9 Å². The van der Waals surface area contributed by atoms with Crippen LogP contribution in [0, 0.1) is 0 Å². The summed E-state index contributed by atoms with van der Waals surface area (Å²) < 4.78 is 17.6. The molecule has 12 rings (SSSR count). The zero-order valence-electron chi connectivity index (χ0n) is 26.5. The average Bonchev–Trinajstić information content (AvgIpc) is 3.83. The maximum Gasteiger partial charge on any atom is 0.235 e. The monoisotopic (exact) mass is 640 g/mol. The Morgan fingerprint density at radius 3 is 2.10 bits per heavy atom. The summed E-state index contributed by atoms with van der Waals surface area (Å²) in [5.41, 5.74) is 9.78. The summed E-state index contributed by atoms with van der Waals surface area (Å²) in [6.07, 6.45) is 0. The smallest absolute Gasteiger partial charge is 0.235 e. The number of para-hydroxylation sites is 4. The van der Waals surface area contributed by atoms with Crippen LogP contribution >= 0.6 is 0 Å². The molecular weight excluding hydrogens is 617 g/mol. The third kappa shape index (κ3) is 3.27. The molecule has 0 fully saturated rings. The Balaban J connectivity index is 1.25. The summed E-state index contributed by atoms with van der Waals surface area (Å²) in [5.74, 6) is 2.20. The minimum Gasteiger partial charge on any atom is -0.456 e. The molecule has 0 aliphatic carbocycles. The number of benzene rings is 7. The quantitative estimate of drug-likeness (QED) is 0.189. The largest absolute Gasteiger partial charge is 0.456 e. The molecule has 7 aromatic carbocycles. The molecule has 0 atom stereocenters. The van der Waals surface area contributed by atoms with Crippen LogP contribution in [-0.4, -0.2) is 19.1 Å². The Morgan fingerprint density at radius 2 is 1.18 bits per heavy atom. The Labute approximate surface area is 284 Å². The van der Waals surface area contributed by atoms with Gasteiger partial charge in [-0.15, -0.1) is 0 Å². The molecule has 5 heterocycles. The molecule has 11 aromatic rings. The first-order valence-electron chi connectivity index (χ1n) is 16.8. The van der Waals surface area contributed by atoms with Crippen molar-refractivity contribution in [2.45, 2.75) is 0 Å². The van der Waals surface area contributed by atoms with Gasteiger partial charge in [0.15, 0.2) is 5.58 Å². The molecule has 1 aliphatic rings. The van der Waals surface area contributed by atoms with Gasteiger partial charge in [-0.05, 0) is 66.7 Å². The zero-order chi connectivity index (χ0) is 32.5. The number of aromatic nitrogens is 4. The van der Waals surface area contributed by atoms with Crippen molar-refractivity contribution in [3.63, 3.8) is 0 Å². The highest BCUT2D eigenvalue weighted by Gasteiger charge is 2.27. The Kier molecular flexibility index (Phi) is 4.89. The number of nitrogens with zero attached hydrogens (tertiary/aromatic N) is 4. The van der Waals surface area contributed by atoms with Crippen molar-refractivity contribution in [2.75, 3.05) is 0 Å². The molecule has 4 aromatic heterocycles. The van der Waals surface area contributed by atoms with Crippen LogP contribution in [-0.2, 0) is 0 Å². The van der Waals surface area contributed by atoms with Crippen LogP contribution < -0.4 is 4.74 Å². The number of hydrogen-bond donors (Lipinski definition) is 0. The normalized spacial score (nSPS) is 12.6. The zero-order valence-corrected chi connectivity index (χ0v) is 26.5. The SMILES string of the molecule is c1ccc(-n2c3ccc4c(c5ccccc5n4-c4nc5c6c(cccc6n4)Oc4ccccc4-5)c3c3ccc4c5ccccc5oc4c32)cc1. The van der Waals surface area contributed by atoms with Crippen LogP contribution in [0.1, 0.15) is 0 Å². The number of fused-ring (bicyclic) bond motifs is 13. The van der Waals surface area contributed by atoms with E-state index in [2.05, 4.69) is 106 Å². The minimum absolute atomic E-state index is 0.623. The lowest BCUT2D eigenvalue weighted by molar-refractivity contribution is 0.486. The van der Waals surface area contributed by atoms with Crippen molar-refractivity contribution in [2.24, 2.45) is 0 Å². The van der Waals surface area contributed by atoms with Crippen LogP contribution in [0.5, 0.6) is 11.5 Å². The van der Waals surface area contributed by atoms with E-state index in [1.54, 1.807) is 0 Å². The highest BCUT2D eigenvalue weighted by molar-refractivity contribution is 6.32. The van der Waals surface area contributed by atoms with Gasteiger partial charge in [0.2, 0.25) is 5.95 Å². The van der Waals surface area contributed by atoms with Gasteiger partial charge in [-0.3, -0.25) is 4.57 Å². The summed E-state index contributed by atoms with van der Waals surface area (Å²) >= 11 is 0. The van der Waals surface area contributed by atoms with Gasteiger partial charge in [-0.25, -0.2) is 9.97 Å². The van der Waals surface area contributed by atoms with Gasteiger partial charge >= 0.3 is 0 Å². The fraction of sp³-hybridized carbons (Fsp3) is 0. The molecule has 0 radical (unpaired) electrons. The molecule has 0 saturated carbocycles. The van der Waals surface area contributed by atoms with E-state index in [1.807, 2.05) is 48.5 Å². The highest BCUT2D eigenvalue weighted by atomic mass is 16.5. The molecule has 232 valence electrons. The maximum atomic E-state index is 6.69.